The fourth-order valence-electron chi connectivity index (χ4n) is 3.11. The number of nitrogens with one attached hydrogen (secondary N) is 1. The number of aromatic nitrogens is 2. The Hall–Kier alpha value is -4.00. The van der Waals surface area contributed by atoms with Crippen molar-refractivity contribution in [1.29, 1.82) is 0 Å². The highest BCUT2D eigenvalue weighted by atomic mass is 16.5. The van der Waals surface area contributed by atoms with E-state index in [9.17, 15) is 9.59 Å². The van der Waals surface area contributed by atoms with Crippen molar-refractivity contribution in [2.45, 2.75) is 0 Å². The van der Waals surface area contributed by atoms with Gasteiger partial charge in [-0.25, -0.2) is 9.97 Å². The van der Waals surface area contributed by atoms with Gasteiger partial charge >= 0.3 is 0 Å². The van der Waals surface area contributed by atoms with Crippen molar-refractivity contribution in [3.63, 3.8) is 0 Å². The summed E-state index contributed by atoms with van der Waals surface area (Å²) in [7, 11) is 3.07. The maximum Gasteiger partial charge on any atom is 0.202 e. The van der Waals surface area contributed by atoms with Crippen LogP contribution < -0.4 is 14.8 Å². The van der Waals surface area contributed by atoms with E-state index in [0.717, 1.165) is 0 Å². The smallest absolute Gasteiger partial charge is 0.202 e. The van der Waals surface area contributed by atoms with Gasteiger partial charge in [-0.1, -0.05) is 30.3 Å². The Morgan fingerprint density at radius 3 is 2.31 bits per heavy atom. The molecule has 0 spiro atoms. The average Bonchev–Trinajstić information content (AvgIpc) is 2.75. The summed E-state index contributed by atoms with van der Waals surface area (Å²) < 4.78 is 10.6. The molecule has 7 heteroatoms. The molecule has 0 aliphatic heterocycles. The molecule has 0 bridgehead atoms. The Balaban J connectivity index is 1.69. The molecule has 1 aromatic heterocycles. The molecule has 1 N–H and O–H groups in total. The summed E-state index contributed by atoms with van der Waals surface area (Å²) in [6, 6.07) is 12.5. The lowest BCUT2D eigenvalue weighted by atomic mass is 9.95. The summed E-state index contributed by atoms with van der Waals surface area (Å²) in [4.78, 5) is 33.7. The summed E-state index contributed by atoms with van der Waals surface area (Å²) in [5, 5.41) is 3.59. The normalized spacial score (nSPS) is 13.7. The Bertz CT molecular complexity index is 1180. The predicted octanol–water partition coefficient (Wildman–Crippen LogP) is 3.18. The number of benzene rings is 2. The van der Waals surface area contributed by atoms with Crippen molar-refractivity contribution >= 4 is 33.9 Å². The van der Waals surface area contributed by atoms with Crippen LogP contribution in [0.3, 0.4) is 0 Å². The number of methoxy groups -OCH3 is 2. The Kier molecular flexibility index (Phi) is 4.78. The van der Waals surface area contributed by atoms with Gasteiger partial charge in [-0.2, -0.15) is 0 Å². The molecule has 2 aromatic carbocycles. The second kappa shape index (κ2) is 7.55. The number of allylic oxidation sites excluding steroid dienone is 3. The van der Waals surface area contributed by atoms with E-state index in [2.05, 4.69) is 15.3 Å². The maximum atomic E-state index is 12.6. The molecule has 1 heterocycles. The number of carbonyl (C=O) groups is 2. The van der Waals surface area contributed by atoms with Crippen LogP contribution in [0.4, 0.5) is 5.82 Å². The zero-order valence-corrected chi connectivity index (χ0v) is 15.8. The maximum absolute atomic E-state index is 12.6. The number of ether oxygens (including phenoxy) is 2. The van der Waals surface area contributed by atoms with Crippen LogP contribution in [0.15, 0.2) is 66.6 Å². The summed E-state index contributed by atoms with van der Waals surface area (Å²) in [5.74, 6) is 0.860. The average molecular weight is 387 g/mol. The van der Waals surface area contributed by atoms with Gasteiger partial charge in [-0.15, -0.1) is 0 Å². The number of hydrogen-bond acceptors (Lipinski definition) is 7. The van der Waals surface area contributed by atoms with Gasteiger partial charge in [0.25, 0.3) is 0 Å². The lowest BCUT2D eigenvalue weighted by molar-refractivity contribution is -0.113. The van der Waals surface area contributed by atoms with E-state index in [-0.39, 0.29) is 17.3 Å². The lowest BCUT2D eigenvalue weighted by Gasteiger charge is -2.15. The molecule has 0 saturated carbocycles. The summed E-state index contributed by atoms with van der Waals surface area (Å²) in [6.45, 7) is 0. The van der Waals surface area contributed by atoms with Gasteiger partial charge in [0.05, 0.1) is 25.4 Å². The minimum atomic E-state index is -0.310. The monoisotopic (exact) mass is 387 g/mol. The van der Waals surface area contributed by atoms with Crippen LogP contribution in [0.5, 0.6) is 11.5 Å². The zero-order chi connectivity index (χ0) is 20.4. The summed E-state index contributed by atoms with van der Waals surface area (Å²) in [6.07, 6.45) is 4.00. The van der Waals surface area contributed by atoms with E-state index in [1.54, 1.807) is 24.3 Å². The fraction of sp³-hybridized carbons (Fsp3) is 0.0909. The van der Waals surface area contributed by atoms with Gasteiger partial charge in [0, 0.05) is 23.1 Å². The van der Waals surface area contributed by atoms with Crippen LogP contribution in [-0.2, 0) is 9.59 Å². The van der Waals surface area contributed by atoms with E-state index < -0.39 is 0 Å². The molecule has 1 aliphatic rings. The van der Waals surface area contributed by atoms with Crippen molar-refractivity contribution in [1.82, 2.24) is 9.97 Å². The Morgan fingerprint density at radius 1 is 0.862 bits per heavy atom. The first-order chi connectivity index (χ1) is 14.1. The molecule has 0 unspecified atom stereocenters. The standard InChI is InChI=1S/C22H17N3O4/c1-28-20-9-15-16(11-21(20)29-2)23-12-24-22(15)25-17-10-18(26)14(8-19(17)27)13-6-4-3-5-7-13/h3-12H,1-2H3,(H,23,24,25). The van der Waals surface area contributed by atoms with Crippen LogP contribution in [0.1, 0.15) is 5.56 Å². The van der Waals surface area contributed by atoms with E-state index in [1.165, 1.54) is 32.7 Å². The third kappa shape index (κ3) is 3.45. The molecule has 7 nitrogen and oxygen atoms in total. The van der Waals surface area contributed by atoms with Gasteiger partial charge in [0.1, 0.15) is 12.1 Å². The van der Waals surface area contributed by atoms with Crippen LogP contribution >= 0.6 is 0 Å². The van der Waals surface area contributed by atoms with Crippen molar-refractivity contribution in [2.75, 3.05) is 19.5 Å². The highest BCUT2D eigenvalue weighted by Gasteiger charge is 2.22. The number of fused-ring (bicyclic) bond motifs is 1. The zero-order valence-electron chi connectivity index (χ0n) is 15.8. The molecule has 3 aromatic rings. The number of ketones is 2. The van der Waals surface area contributed by atoms with Crippen molar-refractivity contribution in [2.24, 2.45) is 0 Å². The number of hydrogen-bond donors (Lipinski definition) is 1. The lowest BCUT2D eigenvalue weighted by Crippen LogP contribution is -2.18. The van der Waals surface area contributed by atoms with Gasteiger partial charge in [0.2, 0.25) is 5.78 Å². The first kappa shape index (κ1) is 18.4. The highest BCUT2D eigenvalue weighted by Crippen LogP contribution is 2.34. The second-order valence-electron chi connectivity index (χ2n) is 6.28. The minimum absolute atomic E-state index is 0.143. The van der Waals surface area contributed by atoms with Crippen molar-refractivity contribution in [3.8, 4) is 11.5 Å². The SMILES string of the molecule is COc1cc2ncnc(NC3=CC(=O)C(c4ccccc4)=CC3=O)c2cc1OC. The quantitative estimate of drug-likeness (QED) is 0.673. The molecule has 4 rings (SSSR count). The number of nitrogens with zero attached hydrogens (tertiary/aromatic N) is 2. The highest BCUT2D eigenvalue weighted by molar-refractivity contribution is 6.35. The van der Waals surface area contributed by atoms with Gasteiger partial charge in [-0.05, 0) is 17.7 Å². The van der Waals surface area contributed by atoms with Gasteiger partial charge in [-0.3, -0.25) is 9.59 Å². The third-order valence-corrected chi connectivity index (χ3v) is 4.56. The Labute approximate surface area is 166 Å². The summed E-state index contributed by atoms with van der Waals surface area (Å²) in [5.41, 5.74) is 1.81. The van der Waals surface area contributed by atoms with E-state index in [4.69, 9.17) is 9.47 Å². The largest absolute Gasteiger partial charge is 0.493 e. The number of anilines is 1. The molecule has 144 valence electrons. The van der Waals surface area contributed by atoms with Crippen LogP contribution in [-0.4, -0.2) is 35.8 Å². The van der Waals surface area contributed by atoms with Crippen molar-refractivity contribution < 1.29 is 19.1 Å². The first-order valence-corrected chi connectivity index (χ1v) is 8.82. The predicted molar refractivity (Wildman–Crippen MR) is 109 cm³/mol. The van der Waals surface area contributed by atoms with Crippen molar-refractivity contribution in [3.05, 3.63) is 72.2 Å². The fourth-order valence-corrected chi connectivity index (χ4v) is 3.11. The Morgan fingerprint density at radius 2 is 1.59 bits per heavy atom. The molecule has 0 saturated heterocycles. The summed E-state index contributed by atoms with van der Waals surface area (Å²) >= 11 is 0. The topological polar surface area (TPSA) is 90.4 Å². The van der Waals surface area contributed by atoms with Crippen LogP contribution in [0.2, 0.25) is 0 Å². The first-order valence-electron chi connectivity index (χ1n) is 8.82. The number of carbonyl (C=O) groups excluding carboxylic acids is 2. The van der Waals surface area contributed by atoms with Crippen LogP contribution in [0.25, 0.3) is 16.5 Å². The molecule has 0 radical (unpaired) electrons. The second-order valence-corrected chi connectivity index (χ2v) is 6.28. The molecule has 0 amide bonds. The van der Waals surface area contributed by atoms with E-state index in [1.807, 2.05) is 18.2 Å². The van der Waals surface area contributed by atoms with E-state index >= 15 is 0 Å². The molecule has 0 fully saturated rings. The van der Waals surface area contributed by atoms with Crippen LogP contribution in [0, 0.1) is 0 Å². The molecular formula is C22H17N3O4. The van der Waals surface area contributed by atoms with E-state index in [0.29, 0.717) is 39.4 Å². The molecule has 29 heavy (non-hydrogen) atoms. The molecule has 0 atom stereocenters. The molecular weight excluding hydrogens is 370 g/mol. The third-order valence-electron chi connectivity index (χ3n) is 4.56. The number of rotatable bonds is 5. The van der Waals surface area contributed by atoms with Gasteiger partial charge < -0.3 is 14.8 Å². The van der Waals surface area contributed by atoms with Gasteiger partial charge in [0.15, 0.2) is 17.3 Å². The minimum Gasteiger partial charge on any atom is -0.493 e. The molecule has 1 aliphatic carbocycles.